The van der Waals surface area contributed by atoms with E-state index in [2.05, 4.69) is 11.8 Å². The van der Waals surface area contributed by atoms with Crippen molar-refractivity contribution in [1.29, 1.82) is 0 Å². The maximum atomic E-state index is 11.9. The summed E-state index contributed by atoms with van der Waals surface area (Å²) in [5, 5.41) is 9.17. The normalized spacial score (nSPS) is 24.5. The number of amides is 1. The zero-order valence-corrected chi connectivity index (χ0v) is 10.1. The Morgan fingerprint density at radius 1 is 1.38 bits per heavy atom. The highest BCUT2D eigenvalue weighted by atomic mass is 16.3. The molecule has 0 radical (unpaired) electrons. The lowest BCUT2D eigenvalue weighted by Gasteiger charge is -2.37. The van der Waals surface area contributed by atoms with Crippen molar-refractivity contribution in [2.24, 2.45) is 5.92 Å². The van der Waals surface area contributed by atoms with Crippen molar-refractivity contribution in [1.82, 2.24) is 9.80 Å². The van der Waals surface area contributed by atoms with Gasteiger partial charge in [0.15, 0.2) is 0 Å². The number of carbonyl (C=O) groups is 1. The van der Waals surface area contributed by atoms with Crippen LogP contribution in [0.1, 0.15) is 26.2 Å². The molecule has 0 bridgehead atoms. The van der Waals surface area contributed by atoms with Gasteiger partial charge in [-0.1, -0.05) is 6.92 Å². The van der Waals surface area contributed by atoms with E-state index in [1.54, 1.807) is 0 Å². The van der Waals surface area contributed by atoms with Gasteiger partial charge in [0.05, 0.1) is 6.10 Å². The van der Waals surface area contributed by atoms with Crippen LogP contribution in [0.25, 0.3) is 0 Å². The standard InChI is InChI=1S/C12H22N2O2/c1-10(7-13-8-11(15)9-13)6-12(16)14-4-2-3-5-14/h10-11,15H,2-9H2,1H3. The van der Waals surface area contributed by atoms with E-state index in [1.807, 2.05) is 4.90 Å². The largest absolute Gasteiger partial charge is 0.390 e. The zero-order chi connectivity index (χ0) is 11.5. The molecule has 1 amide bonds. The van der Waals surface area contributed by atoms with Gasteiger partial charge in [-0.25, -0.2) is 0 Å². The number of carbonyl (C=O) groups excluding carboxylic acids is 1. The molecule has 2 saturated heterocycles. The third kappa shape index (κ3) is 2.95. The van der Waals surface area contributed by atoms with E-state index in [1.165, 1.54) is 12.8 Å². The summed E-state index contributed by atoms with van der Waals surface area (Å²) in [6.45, 7) is 6.53. The first kappa shape index (κ1) is 11.9. The van der Waals surface area contributed by atoms with Crippen molar-refractivity contribution in [3.63, 3.8) is 0 Å². The maximum absolute atomic E-state index is 11.9. The van der Waals surface area contributed by atoms with Crippen molar-refractivity contribution in [2.45, 2.75) is 32.3 Å². The molecule has 1 unspecified atom stereocenters. The molecule has 2 aliphatic rings. The number of likely N-dealkylation sites (tertiary alicyclic amines) is 2. The Bertz CT molecular complexity index is 245. The van der Waals surface area contributed by atoms with Gasteiger partial charge in [0, 0.05) is 39.1 Å². The van der Waals surface area contributed by atoms with Crippen LogP contribution < -0.4 is 0 Å². The molecule has 92 valence electrons. The van der Waals surface area contributed by atoms with E-state index in [9.17, 15) is 4.79 Å². The molecular formula is C12H22N2O2. The molecule has 1 N–H and O–H groups in total. The minimum atomic E-state index is -0.138. The van der Waals surface area contributed by atoms with Gasteiger partial charge >= 0.3 is 0 Å². The number of hydrogen-bond donors (Lipinski definition) is 1. The van der Waals surface area contributed by atoms with Crippen molar-refractivity contribution in [3.8, 4) is 0 Å². The summed E-state index contributed by atoms with van der Waals surface area (Å²) in [7, 11) is 0. The third-order valence-corrected chi connectivity index (χ3v) is 3.49. The van der Waals surface area contributed by atoms with Crippen molar-refractivity contribution >= 4 is 5.91 Å². The lowest BCUT2D eigenvalue weighted by Crippen LogP contribution is -2.52. The summed E-state index contributed by atoms with van der Waals surface area (Å²) in [6.07, 6.45) is 2.85. The van der Waals surface area contributed by atoms with E-state index in [0.29, 0.717) is 18.2 Å². The first-order valence-corrected chi connectivity index (χ1v) is 6.33. The predicted molar refractivity (Wildman–Crippen MR) is 62.0 cm³/mol. The van der Waals surface area contributed by atoms with E-state index in [-0.39, 0.29) is 6.10 Å². The Labute approximate surface area is 97.2 Å². The van der Waals surface area contributed by atoms with Crippen LogP contribution in [0.15, 0.2) is 0 Å². The average Bonchev–Trinajstić information content (AvgIpc) is 2.67. The molecule has 0 aromatic heterocycles. The highest BCUT2D eigenvalue weighted by Crippen LogP contribution is 2.16. The van der Waals surface area contributed by atoms with Gasteiger partial charge < -0.3 is 10.0 Å². The minimum absolute atomic E-state index is 0.138. The van der Waals surface area contributed by atoms with Crippen LogP contribution in [0, 0.1) is 5.92 Å². The Kier molecular flexibility index (Phi) is 3.82. The summed E-state index contributed by atoms with van der Waals surface area (Å²) < 4.78 is 0. The third-order valence-electron chi connectivity index (χ3n) is 3.49. The summed E-state index contributed by atoms with van der Waals surface area (Å²) >= 11 is 0. The van der Waals surface area contributed by atoms with Gasteiger partial charge in [-0.05, 0) is 18.8 Å². The number of nitrogens with zero attached hydrogens (tertiary/aromatic N) is 2. The number of hydrogen-bond acceptors (Lipinski definition) is 3. The molecule has 0 saturated carbocycles. The monoisotopic (exact) mass is 226 g/mol. The fourth-order valence-corrected chi connectivity index (χ4v) is 2.59. The molecule has 2 aliphatic heterocycles. The molecule has 4 nitrogen and oxygen atoms in total. The smallest absolute Gasteiger partial charge is 0.222 e. The van der Waals surface area contributed by atoms with Crippen LogP contribution in [0.5, 0.6) is 0 Å². The van der Waals surface area contributed by atoms with Crippen LogP contribution in [-0.2, 0) is 4.79 Å². The second-order valence-electron chi connectivity index (χ2n) is 5.27. The van der Waals surface area contributed by atoms with Crippen LogP contribution >= 0.6 is 0 Å². The van der Waals surface area contributed by atoms with Gasteiger partial charge in [-0.3, -0.25) is 9.69 Å². The number of aliphatic hydroxyl groups excluding tert-OH is 1. The molecule has 1 atom stereocenters. The van der Waals surface area contributed by atoms with Crippen molar-refractivity contribution in [3.05, 3.63) is 0 Å². The van der Waals surface area contributed by atoms with Gasteiger partial charge in [0.1, 0.15) is 0 Å². The van der Waals surface area contributed by atoms with E-state index in [0.717, 1.165) is 32.7 Å². The molecule has 0 aromatic rings. The van der Waals surface area contributed by atoms with Crippen LogP contribution in [-0.4, -0.2) is 59.6 Å². The van der Waals surface area contributed by atoms with Crippen LogP contribution in [0.2, 0.25) is 0 Å². The Hall–Kier alpha value is -0.610. The summed E-state index contributed by atoms with van der Waals surface area (Å²) in [5.41, 5.74) is 0. The summed E-state index contributed by atoms with van der Waals surface area (Å²) in [4.78, 5) is 16.1. The van der Waals surface area contributed by atoms with E-state index >= 15 is 0 Å². The number of β-amino-alcohol motifs (C(OH)–C–C–N with tert-alkyl or cyclic N) is 1. The van der Waals surface area contributed by atoms with Gasteiger partial charge in [-0.15, -0.1) is 0 Å². The first-order chi connectivity index (χ1) is 7.65. The first-order valence-electron chi connectivity index (χ1n) is 6.33. The lowest BCUT2D eigenvalue weighted by atomic mass is 10.0. The fourth-order valence-electron chi connectivity index (χ4n) is 2.59. The Balaban J connectivity index is 1.66. The highest BCUT2D eigenvalue weighted by molar-refractivity contribution is 5.76. The average molecular weight is 226 g/mol. The molecule has 2 heterocycles. The van der Waals surface area contributed by atoms with Gasteiger partial charge in [-0.2, -0.15) is 0 Å². The van der Waals surface area contributed by atoms with Gasteiger partial charge in [0.2, 0.25) is 5.91 Å². The zero-order valence-electron chi connectivity index (χ0n) is 10.1. The van der Waals surface area contributed by atoms with Crippen molar-refractivity contribution in [2.75, 3.05) is 32.7 Å². The fraction of sp³-hybridized carbons (Fsp3) is 0.917. The topological polar surface area (TPSA) is 43.8 Å². The molecular weight excluding hydrogens is 204 g/mol. The van der Waals surface area contributed by atoms with Crippen LogP contribution in [0.4, 0.5) is 0 Å². The Morgan fingerprint density at radius 3 is 2.56 bits per heavy atom. The predicted octanol–water partition coefficient (Wildman–Crippen LogP) is 0.311. The molecule has 0 aromatic carbocycles. The van der Waals surface area contributed by atoms with Gasteiger partial charge in [0.25, 0.3) is 0 Å². The molecule has 2 rings (SSSR count). The molecule has 2 fully saturated rings. The second-order valence-corrected chi connectivity index (χ2v) is 5.27. The van der Waals surface area contributed by atoms with Crippen molar-refractivity contribution < 1.29 is 9.90 Å². The SMILES string of the molecule is CC(CC(=O)N1CCCC1)CN1CC(O)C1. The van der Waals surface area contributed by atoms with E-state index < -0.39 is 0 Å². The molecule has 0 spiro atoms. The maximum Gasteiger partial charge on any atom is 0.222 e. The van der Waals surface area contributed by atoms with E-state index in [4.69, 9.17) is 5.11 Å². The number of rotatable bonds is 4. The summed E-state index contributed by atoms with van der Waals surface area (Å²) in [6, 6.07) is 0. The molecule has 4 heteroatoms. The highest BCUT2D eigenvalue weighted by Gasteiger charge is 2.27. The number of aliphatic hydroxyl groups is 1. The lowest BCUT2D eigenvalue weighted by molar-refractivity contribution is -0.131. The second kappa shape index (κ2) is 5.15. The summed E-state index contributed by atoms with van der Waals surface area (Å²) in [5.74, 6) is 0.715. The quantitative estimate of drug-likeness (QED) is 0.750. The Morgan fingerprint density at radius 2 is 2.00 bits per heavy atom. The molecule has 0 aliphatic carbocycles. The minimum Gasteiger partial charge on any atom is -0.390 e. The molecule has 16 heavy (non-hydrogen) atoms. The van der Waals surface area contributed by atoms with Crippen LogP contribution in [0.3, 0.4) is 0 Å².